The first-order chi connectivity index (χ1) is 8.65. The molecule has 0 aliphatic rings. The largest absolute Gasteiger partial charge is 0.378 e. The van der Waals surface area contributed by atoms with Crippen molar-refractivity contribution in [1.29, 1.82) is 0 Å². The van der Waals surface area contributed by atoms with Crippen LogP contribution >= 0.6 is 0 Å². The summed E-state index contributed by atoms with van der Waals surface area (Å²) in [5.74, 6) is -0.220. The molecule has 0 aromatic heterocycles. The maximum absolute atomic E-state index is 11.1. The Hall–Kier alpha value is -2.15. The molecule has 0 unspecified atom stereocenters. The van der Waals surface area contributed by atoms with Gasteiger partial charge in [0, 0.05) is 26.3 Å². The van der Waals surface area contributed by atoms with E-state index >= 15 is 0 Å². The van der Waals surface area contributed by atoms with Gasteiger partial charge < -0.3 is 15.4 Å². The minimum atomic E-state index is -0.453. The van der Waals surface area contributed by atoms with Crippen LogP contribution < -0.4 is 10.6 Å². The minimum Gasteiger partial charge on any atom is -0.378 e. The van der Waals surface area contributed by atoms with Gasteiger partial charge in [-0.2, -0.15) is 0 Å². The van der Waals surface area contributed by atoms with Crippen LogP contribution in [0.4, 0.5) is 11.4 Å². The average molecular weight is 253 g/mol. The molecule has 7 nitrogen and oxygen atoms in total. The average Bonchev–Trinajstić information content (AvgIpc) is 2.35. The van der Waals surface area contributed by atoms with E-state index in [0.29, 0.717) is 18.8 Å². The lowest BCUT2D eigenvalue weighted by molar-refractivity contribution is -0.384. The van der Waals surface area contributed by atoms with Crippen LogP contribution in [0.15, 0.2) is 24.3 Å². The van der Waals surface area contributed by atoms with Gasteiger partial charge in [0.15, 0.2) is 0 Å². The Morgan fingerprint density at radius 1 is 1.39 bits per heavy atom. The molecule has 0 bridgehead atoms. The monoisotopic (exact) mass is 253 g/mol. The van der Waals surface area contributed by atoms with Gasteiger partial charge in [-0.25, -0.2) is 0 Å². The first-order valence-corrected chi connectivity index (χ1v) is 5.38. The second kappa shape index (κ2) is 7.23. The number of nitro groups is 1. The summed E-state index contributed by atoms with van der Waals surface area (Å²) in [7, 11) is 1.44. The van der Waals surface area contributed by atoms with Crippen molar-refractivity contribution < 1.29 is 14.5 Å². The predicted molar refractivity (Wildman–Crippen MR) is 66.5 cm³/mol. The Bertz CT molecular complexity index is 423. The highest BCUT2D eigenvalue weighted by atomic mass is 16.6. The Labute approximate surface area is 104 Å². The molecule has 2 N–H and O–H groups in total. The Balaban J connectivity index is 2.40. The number of nitro benzene ring substituents is 1. The van der Waals surface area contributed by atoms with E-state index in [2.05, 4.69) is 15.4 Å². The minimum absolute atomic E-state index is 0.00544. The molecule has 0 saturated carbocycles. The van der Waals surface area contributed by atoms with Crippen molar-refractivity contribution in [2.24, 2.45) is 0 Å². The van der Waals surface area contributed by atoms with Crippen molar-refractivity contribution in [3.63, 3.8) is 0 Å². The fourth-order valence-corrected chi connectivity index (χ4v) is 1.36. The summed E-state index contributed by atoms with van der Waals surface area (Å²) in [5, 5.41) is 16.2. The molecule has 0 saturated heterocycles. The van der Waals surface area contributed by atoms with E-state index in [-0.39, 0.29) is 18.2 Å². The summed E-state index contributed by atoms with van der Waals surface area (Å²) in [4.78, 5) is 21.3. The molecule has 0 aliphatic heterocycles. The molecule has 18 heavy (non-hydrogen) atoms. The molecule has 1 rings (SSSR count). The van der Waals surface area contributed by atoms with E-state index in [4.69, 9.17) is 0 Å². The molecule has 98 valence electrons. The van der Waals surface area contributed by atoms with E-state index in [9.17, 15) is 14.9 Å². The number of amides is 1. The number of para-hydroxylation sites is 2. The number of benzene rings is 1. The molecule has 0 aliphatic carbocycles. The molecule has 0 heterocycles. The van der Waals surface area contributed by atoms with Crippen LogP contribution in [0.5, 0.6) is 0 Å². The molecule has 1 amide bonds. The number of hydrogen-bond donors (Lipinski definition) is 2. The van der Waals surface area contributed by atoms with Crippen molar-refractivity contribution >= 4 is 17.3 Å². The fraction of sp³-hybridized carbons (Fsp3) is 0.364. The summed E-state index contributed by atoms with van der Waals surface area (Å²) in [6, 6.07) is 6.35. The lowest BCUT2D eigenvalue weighted by atomic mass is 10.2. The summed E-state index contributed by atoms with van der Waals surface area (Å²) in [6.07, 6.45) is 0. The molecular weight excluding hydrogens is 238 g/mol. The molecule has 0 fully saturated rings. The van der Waals surface area contributed by atoms with E-state index in [1.807, 2.05) is 0 Å². The summed E-state index contributed by atoms with van der Waals surface area (Å²) >= 11 is 0. The summed E-state index contributed by atoms with van der Waals surface area (Å²) in [6.45, 7) is 0.778. The number of anilines is 1. The molecule has 0 atom stereocenters. The Morgan fingerprint density at radius 3 is 2.78 bits per heavy atom. The molecule has 1 aromatic rings. The number of hydrogen-bond acceptors (Lipinski definition) is 5. The van der Waals surface area contributed by atoms with Crippen LogP contribution in [0.2, 0.25) is 0 Å². The standard InChI is InChI=1S/C11H15N3O4/c1-18-8-11(15)13-7-6-12-9-4-2-3-5-10(9)14(16)17/h2-5,12H,6-8H2,1H3,(H,13,15). The topological polar surface area (TPSA) is 93.5 Å². The van der Waals surface area contributed by atoms with Crippen LogP contribution in [-0.2, 0) is 9.53 Å². The third-order valence-corrected chi connectivity index (χ3v) is 2.14. The van der Waals surface area contributed by atoms with Crippen molar-refractivity contribution in [1.82, 2.24) is 5.32 Å². The maximum atomic E-state index is 11.1. The normalized spacial score (nSPS) is 9.83. The molecular formula is C11H15N3O4. The lowest BCUT2D eigenvalue weighted by Gasteiger charge is -2.07. The number of carbonyl (C=O) groups excluding carboxylic acids is 1. The second-order valence-electron chi connectivity index (χ2n) is 3.48. The number of nitrogens with one attached hydrogen (secondary N) is 2. The van der Waals surface area contributed by atoms with Gasteiger partial charge in [0.05, 0.1) is 4.92 Å². The molecule has 0 spiro atoms. The highest BCUT2D eigenvalue weighted by molar-refractivity contribution is 5.77. The molecule has 1 aromatic carbocycles. The van der Waals surface area contributed by atoms with Gasteiger partial charge in [-0.15, -0.1) is 0 Å². The van der Waals surface area contributed by atoms with Gasteiger partial charge in [-0.05, 0) is 6.07 Å². The lowest BCUT2D eigenvalue weighted by Crippen LogP contribution is -2.31. The Morgan fingerprint density at radius 2 is 2.11 bits per heavy atom. The number of carbonyl (C=O) groups is 1. The van der Waals surface area contributed by atoms with Gasteiger partial charge in [-0.3, -0.25) is 14.9 Å². The quantitative estimate of drug-likeness (QED) is 0.425. The van der Waals surface area contributed by atoms with Crippen LogP contribution in [0.1, 0.15) is 0 Å². The third-order valence-electron chi connectivity index (χ3n) is 2.14. The smallest absolute Gasteiger partial charge is 0.292 e. The number of methoxy groups -OCH3 is 1. The fourth-order valence-electron chi connectivity index (χ4n) is 1.36. The van der Waals surface area contributed by atoms with Crippen molar-refractivity contribution in [3.05, 3.63) is 34.4 Å². The zero-order chi connectivity index (χ0) is 13.4. The Kier molecular flexibility index (Phi) is 5.59. The van der Waals surface area contributed by atoms with Gasteiger partial charge in [0.25, 0.3) is 5.69 Å². The van der Waals surface area contributed by atoms with Crippen LogP contribution in [0.25, 0.3) is 0 Å². The van der Waals surface area contributed by atoms with Crippen molar-refractivity contribution in [2.75, 3.05) is 32.1 Å². The summed E-state index contributed by atoms with van der Waals surface area (Å²) < 4.78 is 4.65. The van der Waals surface area contributed by atoms with Crippen molar-refractivity contribution in [3.8, 4) is 0 Å². The first-order valence-electron chi connectivity index (χ1n) is 5.38. The number of nitrogens with zero attached hydrogens (tertiary/aromatic N) is 1. The van der Waals surface area contributed by atoms with Gasteiger partial charge in [-0.1, -0.05) is 12.1 Å². The maximum Gasteiger partial charge on any atom is 0.292 e. The first kappa shape index (κ1) is 13.9. The number of rotatable bonds is 7. The second-order valence-corrected chi connectivity index (χ2v) is 3.48. The van der Waals surface area contributed by atoms with Gasteiger partial charge in [0.1, 0.15) is 12.3 Å². The highest BCUT2D eigenvalue weighted by Gasteiger charge is 2.11. The van der Waals surface area contributed by atoms with E-state index in [1.54, 1.807) is 18.2 Å². The SMILES string of the molecule is COCC(=O)NCCNc1ccccc1[N+](=O)[O-]. The molecule has 0 radical (unpaired) electrons. The van der Waals surface area contributed by atoms with Gasteiger partial charge >= 0.3 is 0 Å². The highest BCUT2D eigenvalue weighted by Crippen LogP contribution is 2.22. The van der Waals surface area contributed by atoms with Crippen LogP contribution in [-0.4, -0.2) is 37.6 Å². The van der Waals surface area contributed by atoms with E-state index in [1.165, 1.54) is 13.2 Å². The van der Waals surface area contributed by atoms with Gasteiger partial charge in [0.2, 0.25) is 5.91 Å². The zero-order valence-corrected chi connectivity index (χ0v) is 10.0. The molecule has 7 heteroatoms. The predicted octanol–water partition coefficient (Wildman–Crippen LogP) is 0.769. The van der Waals surface area contributed by atoms with Crippen molar-refractivity contribution in [2.45, 2.75) is 0 Å². The van der Waals surface area contributed by atoms with E-state index < -0.39 is 4.92 Å². The summed E-state index contributed by atoms with van der Waals surface area (Å²) in [5.41, 5.74) is 0.448. The van der Waals surface area contributed by atoms with Crippen LogP contribution in [0, 0.1) is 10.1 Å². The third kappa shape index (κ3) is 4.38. The number of ether oxygens (including phenoxy) is 1. The van der Waals surface area contributed by atoms with E-state index in [0.717, 1.165) is 0 Å². The van der Waals surface area contributed by atoms with Crippen LogP contribution in [0.3, 0.4) is 0 Å². The zero-order valence-electron chi connectivity index (χ0n) is 10.0.